The van der Waals surface area contributed by atoms with Gasteiger partial charge in [-0.3, -0.25) is 14.2 Å². The smallest absolute Gasteiger partial charge is 0.271 e. The highest BCUT2D eigenvalue weighted by Crippen LogP contribution is 2.40. The normalized spacial score (nSPS) is 14.5. The number of carbonyl (C=O) groups excluding carboxylic acids is 1. The summed E-state index contributed by atoms with van der Waals surface area (Å²) in [4.78, 5) is 35.8. The van der Waals surface area contributed by atoms with E-state index in [2.05, 4.69) is 19.1 Å². The second kappa shape index (κ2) is 13.9. The van der Waals surface area contributed by atoms with Crippen molar-refractivity contribution in [3.63, 3.8) is 0 Å². The number of benzene rings is 4. The van der Waals surface area contributed by atoms with Gasteiger partial charge in [0.1, 0.15) is 18.4 Å². The monoisotopic (exact) mass is 661 g/mol. The first-order valence-electron chi connectivity index (χ1n) is 16.0. The van der Waals surface area contributed by atoms with Crippen molar-refractivity contribution in [3.8, 4) is 17.2 Å². The topological polar surface area (TPSA) is 82.4 Å². The van der Waals surface area contributed by atoms with Gasteiger partial charge in [-0.05, 0) is 73.9 Å². The summed E-state index contributed by atoms with van der Waals surface area (Å²) < 4.78 is 19.8. The third kappa shape index (κ3) is 6.13. The number of aryl methyl sites for hydroxylation is 1. The Morgan fingerprint density at radius 1 is 0.917 bits per heavy atom. The van der Waals surface area contributed by atoms with E-state index < -0.39 is 6.04 Å². The molecule has 4 aromatic carbocycles. The fraction of sp³-hybridized carbons (Fsp3) is 0.256. The first-order chi connectivity index (χ1) is 23.3. The van der Waals surface area contributed by atoms with Crippen molar-refractivity contribution in [1.82, 2.24) is 9.47 Å². The van der Waals surface area contributed by atoms with Gasteiger partial charge in [0.25, 0.3) is 11.5 Å². The maximum absolute atomic E-state index is 14.5. The number of hydrogen-bond donors (Lipinski definition) is 0. The predicted octanol–water partition coefficient (Wildman–Crippen LogP) is 6.16. The number of aromatic nitrogens is 1. The summed E-state index contributed by atoms with van der Waals surface area (Å²) in [5.41, 5.74) is 4.57. The third-order valence-corrected chi connectivity index (χ3v) is 9.71. The summed E-state index contributed by atoms with van der Waals surface area (Å²) in [6.45, 7) is 9.26. The third-order valence-electron chi connectivity index (χ3n) is 8.73. The van der Waals surface area contributed by atoms with Gasteiger partial charge < -0.3 is 19.1 Å². The van der Waals surface area contributed by atoms with E-state index in [0.717, 1.165) is 27.5 Å². The van der Waals surface area contributed by atoms with Crippen molar-refractivity contribution in [2.45, 2.75) is 40.3 Å². The van der Waals surface area contributed by atoms with Crippen molar-refractivity contribution < 1.29 is 19.0 Å². The number of ether oxygens (including phenoxy) is 3. The second-order valence-corrected chi connectivity index (χ2v) is 12.7. The molecule has 1 amide bonds. The Balaban J connectivity index is 1.48. The van der Waals surface area contributed by atoms with Crippen LogP contribution >= 0.6 is 11.3 Å². The van der Waals surface area contributed by atoms with E-state index in [1.165, 1.54) is 16.9 Å². The van der Waals surface area contributed by atoms with Crippen LogP contribution in [-0.2, 0) is 11.4 Å². The molecule has 1 aromatic heterocycles. The zero-order chi connectivity index (χ0) is 33.9. The number of allylic oxidation sites excluding steroid dienone is 1. The van der Waals surface area contributed by atoms with E-state index in [-0.39, 0.29) is 11.5 Å². The lowest BCUT2D eigenvalue weighted by molar-refractivity contribution is -0.127. The largest absolute Gasteiger partial charge is 0.496 e. The molecule has 0 radical (unpaired) electrons. The van der Waals surface area contributed by atoms with Gasteiger partial charge in [0.05, 0.1) is 30.0 Å². The quantitative estimate of drug-likeness (QED) is 0.179. The van der Waals surface area contributed by atoms with E-state index in [1.807, 2.05) is 93.6 Å². The van der Waals surface area contributed by atoms with Crippen LogP contribution in [0.5, 0.6) is 17.2 Å². The number of methoxy groups -OCH3 is 2. The molecule has 8 nitrogen and oxygen atoms in total. The summed E-state index contributed by atoms with van der Waals surface area (Å²) in [6, 6.07) is 24.9. The Kier molecular flexibility index (Phi) is 9.50. The molecule has 0 saturated carbocycles. The number of rotatable bonds is 10. The van der Waals surface area contributed by atoms with Crippen molar-refractivity contribution in [2.24, 2.45) is 4.99 Å². The van der Waals surface area contributed by atoms with Gasteiger partial charge in [0, 0.05) is 18.7 Å². The molecule has 0 spiro atoms. The molecule has 0 bridgehead atoms. The van der Waals surface area contributed by atoms with Gasteiger partial charge >= 0.3 is 0 Å². The number of carbonyl (C=O) groups is 1. The van der Waals surface area contributed by atoms with Gasteiger partial charge in [-0.1, -0.05) is 77.6 Å². The molecule has 0 N–H and O–H groups in total. The number of fused-ring (bicyclic) bond motifs is 2. The van der Waals surface area contributed by atoms with Crippen LogP contribution < -0.4 is 29.1 Å². The zero-order valence-electron chi connectivity index (χ0n) is 28.1. The minimum Gasteiger partial charge on any atom is -0.496 e. The van der Waals surface area contributed by atoms with E-state index >= 15 is 0 Å². The molecule has 246 valence electrons. The highest BCUT2D eigenvalue weighted by Gasteiger charge is 2.36. The van der Waals surface area contributed by atoms with Gasteiger partial charge in [-0.2, -0.15) is 0 Å². The van der Waals surface area contributed by atoms with Crippen LogP contribution in [0.25, 0.3) is 16.8 Å². The fourth-order valence-corrected chi connectivity index (χ4v) is 7.22. The van der Waals surface area contributed by atoms with Crippen LogP contribution in [0.3, 0.4) is 0 Å². The first kappa shape index (κ1) is 32.8. The van der Waals surface area contributed by atoms with Crippen LogP contribution in [0.1, 0.15) is 49.1 Å². The summed E-state index contributed by atoms with van der Waals surface area (Å²) in [6.07, 6.45) is 1.83. The van der Waals surface area contributed by atoms with E-state index in [4.69, 9.17) is 19.2 Å². The molecular formula is C39H39N3O5S. The highest BCUT2D eigenvalue weighted by atomic mass is 32.1. The van der Waals surface area contributed by atoms with Gasteiger partial charge in [-0.15, -0.1) is 0 Å². The standard InChI is InChI=1S/C39H39N3O5S/c1-7-41(8-2)38(44)34-25(4)40-39-42(36(34)35-29-12-10-9-11-28(29)18-20-31(35)45-5)37(43)33(48-39)22-27-17-19-30(32(21-27)46-6)47-23-26-15-13-24(3)14-16-26/h9-22,36H,7-8,23H2,1-6H3/b33-22+/t36-/m1/s1. The minimum atomic E-state index is -0.746. The number of likely N-dealkylation sites (N-methyl/N-ethyl adjacent to an activating group) is 1. The Morgan fingerprint density at radius 2 is 1.62 bits per heavy atom. The van der Waals surface area contributed by atoms with E-state index in [1.54, 1.807) is 23.7 Å². The molecular weight excluding hydrogens is 623 g/mol. The Bertz CT molecular complexity index is 2210. The minimum absolute atomic E-state index is 0.151. The van der Waals surface area contributed by atoms with Crippen molar-refractivity contribution in [1.29, 1.82) is 0 Å². The Hall–Kier alpha value is -5.15. The summed E-state index contributed by atoms with van der Waals surface area (Å²) >= 11 is 1.29. The van der Waals surface area contributed by atoms with Crippen LogP contribution in [-0.4, -0.2) is 42.7 Å². The van der Waals surface area contributed by atoms with Gasteiger partial charge in [0.15, 0.2) is 16.3 Å². The molecule has 1 aliphatic rings. The average Bonchev–Trinajstić information content (AvgIpc) is 3.41. The summed E-state index contributed by atoms with van der Waals surface area (Å²) in [5, 5.41) is 1.89. The lowest BCUT2D eigenvalue weighted by Gasteiger charge is -2.30. The van der Waals surface area contributed by atoms with Crippen LogP contribution in [0.4, 0.5) is 0 Å². The number of hydrogen-bond acceptors (Lipinski definition) is 7. The molecule has 9 heteroatoms. The molecule has 6 rings (SSSR count). The maximum atomic E-state index is 14.5. The molecule has 1 aliphatic heterocycles. The van der Waals surface area contributed by atoms with E-state index in [0.29, 0.717) is 57.5 Å². The van der Waals surface area contributed by atoms with Crippen molar-refractivity contribution in [3.05, 3.63) is 132 Å². The molecule has 2 heterocycles. The lowest BCUT2D eigenvalue weighted by Crippen LogP contribution is -2.43. The Labute approximate surface area is 283 Å². The molecule has 0 saturated heterocycles. The average molecular weight is 662 g/mol. The first-order valence-corrected chi connectivity index (χ1v) is 16.8. The van der Waals surface area contributed by atoms with Crippen molar-refractivity contribution >= 4 is 34.1 Å². The SMILES string of the molecule is CCN(CC)C(=O)C1=C(C)N=c2s/c(=C/c3ccc(OCc4ccc(C)cc4)c(OC)c3)c(=O)n2[C@H]1c1c(OC)ccc2ccccc12. The van der Waals surface area contributed by atoms with Crippen LogP contribution in [0, 0.1) is 6.92 Å². The highest BCUT2D eigenvalue weighted by molar-refractivity contribution is 7.07. The second-order valence-electron chi connectivity index (χ2n) is 11.6. The fourth-order valence-electron chi connectivity index (χ4n) is 6.17. The predicted molar refractivity (Wildman–Crippen MR) is 191 cm³/mol. The number of thiazole rings is 1. The van der Waals surface area contributed by atoms with Crippen LogP contribution in [0.2, 0.25) is 0 Å². The lowest BCUT2D eigenvalue weighted by atomic mass is 9.90. The number of amides is 1. The summed E-state index contributed by atoms with van der Waals surface area (Å²) in [7, 11) is 3.21. The molecule has 5 aromatic rings. The molecule has 0 aliphatic carbocycles. The zero-order valence-corrected chi connectivity index (χ0v) is 28.9. The molecule has 48 heavy (non-hydrogen) atoms. The van der Waals surface area contributed by atoms with Crippen molar-refractivity contribution in [2.75, 3.05) is 27.3 Å². The van der Waals surface area contributed by atoms with Crippen LogP contribution in [0.15, 0.2) is 99.9 Å². The number of nitrogens with zero attached hydrogens (tertiary/aromatic N) is 3. The molecule has 0 fully saturated rings. The molecule has 0 unspecified atom stereocenters. The van der Waals surface area contributed by atoms with E-state index in [9.17, 15) is 9.59 Å². The maximum Gasteiger partial charge on any atom is 0.271 e. The van der Waals surface area contributed by atoms with Gasteiger partial charge in [0.2, 0.25) is 0 Å². The summed E-state index contributed by atoms with van der Waals surface area (Å²) in [5.74, 6) is 1.61. The molecule has 1 atom stereocenters. The van der Waals surface area contributed by atoms with Gasteiger partial charge in [-0.25, -0.2) is 4.99 Å². The Morgan fingerprint density at radius 3 is 2.33 bits per heavy atom.